The van der Waals surface area contributed by atoms with Crippen LogP contribution in [0, 0.1) is 0 Å². The van der Waals surface area contributed by atoms with Crippen LogP contribution in [0.5, 0.6) is 0 Å². The number of thiocarbonyl (C=S) groups is 1. The Bertz CT molecular complexity index is 155. The first-order valence-electron chi connectivity index (χ1n) is 4.66. The highest BCUT2D eigenvalue weighted by atomic mass is 32.1. The van der Waals surface area contributed by atoms with Gasteiger partial charge in [-0.15, -0.1) is 0 Å². The third-order valence-corrected chi connectivity index (χ3v) is 1.97. The fraction of sp³-hybridized carbons (Fsp3) is 0.889. The summed E-state index contributed by atoms with van der Waals surface area (Å²) >= 11 is 4.75. The molecule has 1 unspecified atom stereocenters. The Morgan fingerprint density at radius 2 is 2.00 bits per heavy atom. The zero-order valence-corrected chi connectivity index (χ0v) is 9.64. The van der Waals surface area contributed by atoms with Gasteiger partial charge in [0.25, 0.3) is 0 Å². The molecule has 0 spiro atoms. The van der Waals surface area contributed by atoms with Gasteiger partial charge in [-0.25, -0.2) is 0 Å². The SMILES string of the molecule is COCCCOCCOC(C)C(N)=S. The molecule has 0 radical (unpaired) electrons. The first-order chi connectivity index (χ1) is 6.68. The first kappa shape index (κ1) is 13.8. The van der Waals surface area contributed by atoms with Crippen LogP contribution in [0.1, 0.15) is 13.3 Å². The second-order valence-corrected chi connectivity index (χ2v) is 3.35. The van der Waals surface area contributed by atoms with E-state index in [9.17, 15) is 0 Å². The minimum atomic E-state index is -0.174. The summed E-state index contributed by atoms with van der Waals surface area (Å²) in [6.45, 7) is 4.33. The van der Waals surface area contributed by atoms with Crippen LogP contribution >= 0.6 is 12.2 Å². The molecule has 0 aliphatic carbocycles. The number of nitrogens with two attached hydrogens (primary N) is 1. The molecule has 5 heteroatoms. The summed E-state index contributed by atoms with van der Waals surface area (Å²) < 4.78 is 15.4. The molecule has 0 fully saturated rings. The molecule has 0 amide bonds. The van der Waals surface area contributed by atoms with Crippen LogP contribution in [0.15, 0.2) is 0 Å². The predicted molar refractivity (Wildman–Crippen MR) is 59.5 cm³/mol. The molecule has 0 bridgehead atoms. The van der Waals surface area contributed by atoms with Crippen molar-refractivity contribution in [1.82, 2.24) is 0 Å². The van der Waals surface area contributed by atoms with Crippen LogP contribution in [0.25, 0.3) is 0 Å². The van der Waals surface area contributed by atoms with Crippen molar-refractivity contribution in [2.45, 2.75) is 19.4 Å². The number of hydrogen-bond donors (Lipinski definition) is 1. The summed E-state index contributed by atoms with van der Waals surface area (Å²) in [5, 5.41) is 0. The van der Waals surface area contributed by atoms with E-state index in [-0.39, 0.29) is 6.10 Å². The fourth-order valence-electron chi connectivity index (χ4n) is 0.773. The molecule has 14 heavy (non-hydrogen) atoms. The van der Waals surface area contributed by atoms with Crippen LogP contribution < -0.4 is 5.73 Å². The quantitative estimate of drug-likeness (QED) is 0.459. The minimum Gasteiger partial charge on any atom is -0.391 e. The van der Waals surface area contributed by atoms with Gasteiger partial charge >= 0.3 is 0 Å². The van der Waals surface area contributed by atoms with Crippen molar-refractivity contribution in [2.24, 2.45) is 5.73 Å². The maximum absolute atomic E-state index is 5.37. The third-order valence-electron chi connectivity index (χ3n) is 1.63. The molecule has 0 rings (SSSR count). The second-order valence-electron chi connectivity index (χ2n) is 2.87. The molecule has 1 atom stereocenters. The van der Waals surface area contributed by atoms with Gasteiger partial charge < -0.3 is 19.9 Å². The van der Waals surface area contributed by atoms with Crippen molar-refractivity contribution >= 4 is 17.2 Å². The van der Waals surface area contributed by atoms with Crippen LogP contribution in [0.4, 0.5) is 0 Å². The summed E-state index contributed by atoms with van der Waals surface area (Å²) in [7, 11) is 1.67. The van der Waals surface area contributed by atoms with Crippen LogP contribution in [0.2, 0.25) is 0 Å². The van der Waals surface area contributed by atoms with E-state index >= 15 is 0 Å². The lowest BCUT2D eigenvalue weighted by atomic mass is 10.4. The van der Waals surface area contributed by atoms with Crippen molar-refractivity contribution in [1.29, 1.82) is 0 Å². The lowest BCUT2D eigenvalue weighted by Gasteiger charge is -2.11. The monoisotopic (exact) mass is 221 g/mol. The molecule has 2 N–H and O–H groups in total. The van der Waals surface area contributed by atoms with Gasteiger partial charge in [-0.05, 0) is 13.3 Å². The molecular formula is C9H19NO3S. The Balaban J connectivity index is 3.09. The lowest BCUT2D eigenvalue weighted by molar-refractivity contribution is 0.0298. The molecule has 0 aliphatic rings. The number of hydrogen-bond acceptors (Lipinski definition) is 4. The Labute approximate surface area is 90.7 Å². The van der Waals surface area contributed by atoms with Gasteiger partial charge in [0.05, 0.1) is 13.2 Å². The minimum absolute atomic E-state index is 0.174. The highest BCUT2D eigenvalue weighted by Crippen LogP contribution is 1.91. The third kappa shape index (κ3) is 8.37. The molecular weight excluding hydrogens is 202 g/mol. The van der Waals surface area contributed by atoms with Gasteiger partial charge in [0.2, 0.25) is 0 Å². The molecule has 0 saturated heterocycles. The summed E-state index contributed by atoms with van der Waals surface area (Å²) in [5.41, 5.74) is 5.37. The van der Waals surface area contributed by atoms with Gasteiger partial charge in [-0.2, -0.15) is 0 Å². The molecule has 0 aromatic heterocycles. The molecule has 0 aromatic carbocycles. The first-order valence-corrected chi connectivity index (χ1v) is 5.07. The van der Waals surface area contributed by atoms with Crippen molar-refractivity contribution in [3.63, 3.8) is 0 Å². The fourth-order valence-corrected chi connectivity index (χ4v) is 0.841. The molecule has 4 nitrogen and oxygen atoms in total. The maximum Gasteiger partial charge on any atom is 0.105 e. The second kappa shape index (κ2) is 9.33. The van der Waals surface area contributed by atoms with Gasteiger partial charge in [0.15, 0.2) is 0 Å². The Kier molecular flexibility index (Phi) is 9.18. The van der Waals surface area contributed by atoms with Crippen molar-refractivity contribution < 1.29 is 14.2 Å². The largest absolute Gasteiger partial charge is 0.391 e. The Morgan fingerprint density at radius 1 is 1.29 bits per heavy atom. The molecule has 0 aliphatic heterocycles. The molecule has 0 heterocycles. The van der Waals surface area contributed by atoms with Crippen LogP contribution in [-0.2, 0) is 14.2 Å². The van der Waals surface area contributed by atoms with Crippen LogP contribution in [0.3, 0.4) is 0 Å². The number of ether oxygens (including phenoxy) is 3. The smallest absolute Gasteiger partial charge is 0.105 e. The summed E-state index contributed by atoms with van der Waals surface area (Å²) in [6, 6.07) is 0. The van der Waals surface area contributed by atoms with Gasteiger partial charge in [0.1, 0.15) is 11.1 Å². The van der Waals surface area contributed by atoms with Gasteiger partial charge in [0, 0.05) is 20.3 Å². The molecule has 0 aromatic rings. The molecule has 0 saturated carbocycles. The van der Waals surface area contributed by atoms with Gasteiger partial charge in [-0.3, -0.25) is 0 Å². The van der Waals surface area contributed by atoms with E-state index < -0.39 is 0 Å². The average molecular weight is 221 g/mol. The van der Waals surface area contributed by atoms with E-state index in [1.165, 1.54) is 0 Å². The highest BCUT2D eigenvalue weighted by molar-refractivity contribution is 7.80. The predicted octanol–water partition coefficient (Wildman–Crippen LogP) is 0.731. The van der Waals surface area contributed by atoms with Crippen LogP contribution in [-0.4, -0.2) is 44.6 Å². The molecule has 84 valence electrons. The van der Waals surface area contributed by atoms with E-state index in [0.717, 1.165) is 13.0 Å². The van der Waals surface area contributed by atoms with E-state index in [2.05, 4.69) is 0 Å². The zero-order chi connectivity index (χ0) is 10.8. The Morgan fingerprint density at radius 3 is 2.57 bits per heavy atom. The standard InChI is InChI=1S/C9H19NO3S/c1-8(9(10)14)13-7-6-12-5-3-4-11-2/h8H,3-7H2,1-2H3,(H2,10,14). The van der Waals surface area contributed by atoms with Crippen molar-refractivity contribution in [3.05, 3.63) is 0 Å². The van der Waals surface area contributed by atoms with Crippen molar-refractivity contribution in [2.75, 3.05) is 33.5 Å². The topological polar surface area (TPSA) is 53.7 Å². The van der Waals surface area contributed by atoms with E-state index in [4.69, 9.17) is 32.2 Å². The Hall–Kier alpha value is -0.230. The van der Waals surface area contributed by atoms with E-state index in [1.54, 1.807) is 7.11 Å². The summed E-state index contributed by atoms with van der Waals surface area (Å²) in [6.07, 6.45) is 0.731. The number of methoxy groups -OCH3 is 1. The normalized spacial score (nSPS) is 12.7. The lowest BCUT2D eigenvalue weighted by Crippen LogP contribution is -2.27. The van der Waals surface area contributed by atoms with E-state index in [0.29, 0.717) is 24.8 Å². The highest BCUT2D eigenvalue weighted by Gasteiger charge is 2.03. The van der Waals surface area contributed by atoms with E-state index in [1.807, 2.05) is 6.92 Å². The zero-order valence-electron chi connectivity index (χ0n) is 8.82. The summed E-state index contributed by atoms with van der Waals surface area (Å²) in [4.78, 5) is 0.379. The summed E-state index contributed by atoms with van der Waals surface area (Å²) in [5.74, 6) is 0. The maximum atomic E-state index is 5.37. The van der Waals surface area contributed by atoms with Gasteiger partial charge in [-0.1, -0.05) is 12.2 Å². The van der Waals surface area contributed by atoms with Crippen molar-refractivity contribution in [3.8, 4) is 0 Å². The number of rotatable bonds is 9. The average Bonchev–Trinajstić information content (AvgIpc) is 2.16.